The molecule has 1 rings (SSSR count). The molecule has 2 atom stereocenters. The summed E-state index contributed by atoms with van der Waals surface area (Å²) < 4.78 is 37.9. The van der Waals surface area contributed by atoms with Crippen LogP contribution in [0.5, 0.6) is 0 Å². The second-order valence-electron chi connectivity index (χ2n) is 4.58. The molecule has 3 N–H and O–H groups in total. The van der Waals surface area contributed by atoms with E-state index in [1.165, 1.54) is 0 Å². The van der Waals surface area contributed by atoms with Gasteiger partial charge >= 0.3 is 6.18 Å². The van der Waals surface area contributed by atoms with Crippen LogP contribution in [0.25, 0.3) is 0 Å². The van der Waals surface area contributed by atoms with Gasteiger partial charge in [-0.2, -0.15) is 13.2 Å². The first kappa shape index (κ1) is 15.7. The van der Waals surface area contributed by atoms with Crippen LogP contribution >= 0.6 is 0 Å². The average Bonchev–Trinajstić information content (AvgIpc) is 2.76. The number of unbranched alkanes of at least 4 members (excludes halogenated alkanes) is 1. The van der Waals surface area contributed by atoms with Gasteiger partial charge in [0.15, 0.2) is 0 Å². The van der Waals surface area contributed by atoms with Crippen LogP contribution in [-0.2, 0) is 4.89 Å². The Labute approximate surface area is 105 Å². The Balaban J connectivity index is 2.08. The first-order valence-corrected chi connectivity index (χ1v) is 6.33. The summed E-state index contributed by atoms with van der Waals surface area (Å²) in [6.07, 6.45) is -1.85. The fourth-order valence-electron chi connectivity index (χ4n) is 2.26. The molecule has 0 radical (unpaired) electrons. The maximum atomic E-state index is 12.6. The molecular formula is C11H21F3N2O2. The van der Waals surface area contributed by atoms with Crippen molar-refractivity contribution in [3.63, 3.8) is 0 Å². The Morgan fingerprint density at radius 2 is 2.06 bits per heavy atom. The number of rotatable bonds is 8. The van der Waals surface area contributed by atoms with Crippen molar-refractivity contribution < 1.29 is 23.3 Å². The standard InChI is InChI=1S/C11H21F3N2O2/c12-11(13,14)9-3-7-16-10(9)4-6-15-5-1-2-8-18-17/h9-10,15-17H,1-8H2. The number of nitrogens with one attached hydrogen (secondary N) is 2. The quantitative estimate of drug-likeness (QED) is 0.357. The highest BCUT2D eigenvalue weighted by molar-refractivity contribution is 4.88. The molecule has 1 heterocycles. The zero-order valence-corrected chi connectivity index (χ0v) is 10.3. The summed E-state index contributed by atoms with van der Waals surface area (Å²) in [5, 5.41) is 14.1. The highest BCUT2D eigenvalue weighted by Crippen LogP contribution is 2.35. The summed E-state index contributed by atoms with van der Waals surface area (Å²) in [5.74, 6) is -1.21. The molecule has 1 aliphatic heterocycles. The van der Waals surface area contributed by atoms with Gasteiger partial charge in [0.25, 0.3) is 0 Å². The zero-order valence-electron chi connectivity index (χ0n) is 10.3. The van der Waals surface area contributed by atoms with E-state index >= 15 is 0 Å². The van der Waals surface area contributed by atoms with Crippen LogP contribution in [0.3, 0.4) is 0 Å². The normalized spacial score (nSPS) is 24.7. The monoisotopic (exact) mass is 270 g/mol. The number of alkyl halides is 3. The van der Waals surface area contributed by atoms with Crippen LogP contribution in [0, 0.1) is 5.92 Å². The van der Waals surface area contributed by atoms with Crippen molar-refractivity contribution in [1.29, 1.82) is 0 Å². The van der Waals surface area contributed by atoms with Crippen molar-refractivity contribution in [1.82, 2.24) is 10.6 Å². The van der Waals surface area contributed by atoms with Gasteiger partial charge in [-0.05, 0) is 45.3 Å². The van der Waals surface area contributed by atoms with Crippen molar-refractivity contribution >= 4 is 0 Å². The summed E-state index contributed by atoms with van der Waals surface area (Å²) >= 11 is 0. The van der Waals surface area contributed by atoms with Crippen molar-refractivity contribution in [2.75, 3.05) is 26.2 Å². The van der Waals surface area contributed by atoms with Gasteiger partial charge in [-0.3, -0.25) is 5.26 Å². The first-order valence-electron chi connectivity index (χ1n) is 6.33. The maximum Gasteiger partial charge on any atom is 0.393 e. The van der Waals surface area contributed by atoms with Crippen LogP contribution < -0.4 is 10.6 Å². The van der Waals surface area contributed by atoms with E-state index in [0.717, 1.165) is 19.4 Å². The van der Waals surface area contributed by atoms with Crippen LogP contribution in [0.4, 0.5) is 13.2 Å². The minimum absolute atomic E-state index is 0.183. The molecule has 108 valence electrons. The molecule has 0 aromatic rings. The van der Waals surface area contributed by atoms with Crippen molar-refractivity contribution in [3.05, 3.63) is 0 Å². The van der Waals surface area contributed by atoms with Crippen LogP contribution in [0.15, 0.2) is 0 Å². The highest BCUT2D eigenvalue weighted by atomic mass is 19.4. The molecule has 1 fully saturated rings. The molecule has 0 aromatic heterocycles. The summed E-state index contributed by atoms with van der Waals surface area (Å²) in [4.78, 5) is 3.92. The number of hydrogen-bond donors (Lipinski definition) is 3. The van der Waals surface area contributed by atoms with E-state index in [-0.39, 0.29) is 6.42 Å². The molecule has 1 saturated heterocycles. The zero-order chi connectivity index (χ0) is 13.4. The molecule has 7 heteroatoms. The number of hydrogen-bond acceptors (Lipinski definition) is 4. The largest absolute Gasteiger partial charge is 0.393 e. The molecule has 18 heavy (non-hydrogen) atoms. The van der Waals surface area contributed by atoms with E-state index in [1.54, 1.807) is 0 Å². The van der Waals surface area contributed by atoms with E-state index < -0.39 is 18.1 Å². The maximum absolute atomic E-state index is 12.6. The van der Waals surface area contributed by atoms with Crippen LogP contribution in [-0.4, -0.2) is 43.7 Å². The van der Waals surface area contributed by atoms with E-state index in [9.17, 15) is 13.2 Å². The third kappa shape index (κ3) is 5.51. The molecule has 2 unspecified atom stereocenters. The summed E-state index contributed by atoms with van der Waals surface area (Å²) in [5.41, 5.74) is 0. The Bertz CT molecular complexity index is 227. The van der Waals surface area contributed by atoms with Gasteiger partial charge in [0.05, 0.1) is 12.5 Å². The van der Waals surface area contributed by atoms with Gasteiger partial charge in [0, 0.05) is 6.04 Å². The van der Waals surface area contributed by atoms with Crippen molar-refractivity contribution in [3.8, 4) is 0 Å². The molecule has 4 nitrogen and oxygen atoms in total. The predicted octanol–water partition coefficient (Wildman–Crippen LogP) is 1.78. The molecular weight excluding hydrogens is 249 g/mol. The van der Waals surface area contributed by atoms with Gasteiger partial charge in [-0.25, -0.2) is 4.89 Å². The van der Waals surface area contributed by atoms with E-state index in [0.29, 0.717) is 26.1 Å². The summed E-state index contributed by atoms with van der Waals surface area (Å²) in [6.45, 7) is 2.04. The predicted molar refractivity (Wildman–Crippen MR) is 61.3 cm³/mol. The topological polar surface area (TPSA) is 53.5 Å². The van der Waals surface area contributed by atoms with Gasteiger partial charge in [0.1, 0.15) is 0 Å². The molecule has 0 saturated carbocycles. The van der Waals surface area contributed by atoms with Crippen LogP contribution in [0.1, 0.15) is 25.7 Å². The molecule has 1 aliphatic rings. The Hall–Kier alpha value is -0.370. The number of halogens is 3. The molecule has 0 amide bonds. The lowest BCUT2D eigenvalue weighted by atomic mass is 9.97. The minimum Gasteiger partial charge on any atom is -0.317 e. The van der Waals surface area contributed by atoms with Crippen LogP contribution in [0.2, 0.25) is 0 Å². The third-order valence-electron chi connectivity index (χ3n) is 3.24. The lowest BCUT2D eigenvalue weighted by Gasteiger charge is -2.22. The smallest absolute Gasteiger partial charge is 0.317 e. The SMILES string of the molecule is OOCCCCNCCC1NCCC1C(F)(F)F. The summed E-state index contributed by atoms with van der Waals surface area (Å²) in [6, 6.07) is -0.460. The lowest BCUT2D eigenvalue weighted by Crippen LogP contribution is -2.37. The fourth-order valence-corrected chi connectivity index (χ4v) is 2.26. The third-order valence-corrected chi connectivity index (χ3v) is 3.24. The van der Waals surface area contributed by atoms with E-state index in [1.807, 2.05) is 0 Å². The van der Waals surface area contributed by atoms with Crippen molar-refractivity contribution in [2.24, 2.45) is 5.92 Å². The van der Waals surface area contributed by atoms with E-state index in [4.69, 9.17) is 5.26 Å². The molecule has 0 spiro atoms. The fraction of sp³-hybridized carbons (Fsp3) is 1.00. The average molecular weight is 270 g/mol. The first-order chi connectivity index (χ1) is 8.55. The van der Waals surface area contributed by atoms with Crippen molar-refractivity contribution in [2.45, 2.75) is 37.9 Å². The second kappa shape index (κ2) is 7.93. The van der Waals surface area contributed by atoms with Gasteiger partial charge in [-0.1, -0.05) is 0 Å². The van der Waals surface area contributed by atoms with Gasteiger partial charge in [-0.15, -0.1) is 0 Å². The Morgan fingerprint density at radius 1 is 1.28 bits per heavy atom. The Morgan fingerprint density at radius 3 is 2.72 bits per heavy atom. The minimum atomic E-state index is -4.09. The molecule has 0 aromatic carbocycles. The molecule has 0 aliphatic carbocycles. The Kier molecular flexibility index (Phi) is 6.91. The lowest BCUT2D eigenvalue weighted by molar-refractivity contribution is -0.242. The second-order valence-corrected chi connectivity index (χ2v) is 4.58. The van der Waals surface area contributed by atoms with E-state index in [2.05, 4.69) is 15.5 Å². The van der Waals surface area contributed by atoms with Gasteiger partial charge < -0.3 is 10.6 Å². The van der Waals surface area contributed by atoms with Gasteiger partial charge in [0.2, 0.25) is 0 Å². The highest BCUT2D eigenvalue weighted by Gasteiger charge is 2.46. The molecule has 0 bridgehead atoms. The summed E-state index contributed by atoms with van der Waals surface area (Å²) in [7, 11) is 0.